The van der Waals surface area contributed by atoms with E-state index in [-0.39, 0.29) is 63.8 Å². The molecule has 1 aromatic carbocycles. The van der Waals surface area contributed by atoms with E-state index in [0.717, 1.165) is 5.39 Å². The summed E-state index contributed by atoms with van der Waals surface area (Å²) in [4.78, 5) is 86.2. The molecule has 4 rings (SSSR count). The number of hydrogen-bond donors (Lipinski definition) is 4. The molecule has 0 bridgehead atoms. The summed E-state index contributed by atoms with van der Waals surface area (Å²) in [5.41, 5.74) is 1.83. The summed E-state index contributed by atoms with van der Waals surface area (Å²) in [6.45, 7) is -0.0132. The summed E-state index contributed by atoms with van der Waals surface area (Å²) < 4.78 is 32.2. The number of unbranched alkanes of at least 4 members (excludes halogenated alkanes) is 1. The number of amides is 5. The van der Waals surface area contributed by atoms with Crippen molar-refractivity contribution < 1.29 is 46.6 Å². The van der Waals surface area contributed by atoms with Gasteiger partial charge in [-0.15, -0.1) is 5.06 Å². The molecule has 3 heterocycles. The number of hydroxylamine groups is 2. The van der Waals surface area contributed by atoms with Crippen LogP contribution in [0.1, 0.15) is 51.4 Å². The van der Waals surface area contributed by atoms with E-state index in [1.54, 1.807) is 36.7 Å². The Labute approximate surface area is 263 Å². The smallest absolute Gasteiger partial charge is 0.333 e. The average molecular weight is 657 g/mol. The third kappa shape index (κ3) is 9.48. The van der Waals surface area contributed by atoms with E-state index in [2.05, 4.69) is 25.9 Å². The molecule has 1 saturated heterocycles. The summed E-state index contributed by atoms with van der Waals surface area (Å²) in [5, 5.41) is 9.42. The number of carbonyl (C=O) groups is 6. The molecule has 16 nitrogen and oxygen atoms in total. The van der Waals surface area contributed by atoms with Crippen LogP contribution in [0, 0.1) is 0 Å². The largest absolute Gasteiger partial charge is 0.354 e. The Morgan fingerprint density at radius 2 is 1.59 bits per heavy atom. The van der Waals surface area contributed by atoms with Gasteiger partial charge in [-0.1, -0.05) is 6.07 Å². The molecule has 1 atom stereocenters. The topological polar surface area (TPSA) is 231 Å². The molecule has 0 spiro atoms. The van der Waals surface area contributed by atoms with Crippen LogP contribution in [-0.4, -0.2) is 81.8 Å². The maximum Gasteiger partial charge on any atom is 0.333 e. The minimum atomic E-state index is -4.65. The molecule has 0 radical (unpaired) electrons. The van der Waals surface area contributed by atoms with Crippen LogP contribution in [0.15, 0.2) is 42.7 Å². The molecular weight excluding hydrogens is 624 g/mol. The quantitative estimate of drug-likeness (QED) is 0.0781. The van der Waals surface area contributed by atoms with E-state index in [9.17, 15) is 41.7 Å². The number of carbonyl (C=O) groups excluding carboxylic acids is 6. The molecule has 1 aliphatic rings. The van der Waals surface area contributed by atoms with Gasteiger partial charge in [0.05, 0.1) is 16.7 Å². The standard InChI is InChI=1S/C29H32N6O10S/c36-22(33-20-16-18-6-4-14-30-27(18)28-19(20)7-5-15-31-28)8-3-9-23(37)34-21(17-46(42,43)44)29(41)32-13-2-1-10-26(40)45-35-24(38)11-12-25(35)39/h4-7,14-16,21H,1-3,8-13,17H2,(H,32,41)(H,33,36)(H,34,37)(H,42,43,44). The van der Waals surface area contributed by atoms with Gasteiger partial charge < -0.3 is 20.8 Å². The number of nitrogens with zero attached hydrogens (tertiary/aromatic N) is 3. The summed E-state index contributed by atoms with van der Waals surface area (Å²) in [6, 6.07) is 7.31. The van der Waals surface area contributed by atoms with Gasteiger partial charge in [0.1, 0.15) is 11.8 Å². The summed E-state index contributed by atoms with van der Waals surface area (Å²) in [7, 11) is -4.65. The van der Waals surface area contributed by atoms with Crippen molar-refractivity contribution in [3.63, 3.8) is 0 Å². The monoisotopic (exact) mass is 656 g/mol. The molecule has 0 aliphatic carbocycles. The molecule has 1 aliphatic heterocycles. The Bertz CT molecular complexity index is 1760. The van der Waals surface area contributed by atoms with Crippen LogP contribution in [0.3, 0.4) is 0 Å². The predicted molar refractivity (Wildman–Crippen MR) is 162 cm³/mol. The van der Waals surface area contributed by atoms with Crippen molar-refractivity contribution in [1.82, 2.24) is 25.7 Å². The van der Waals surface area contributed by atoms with Crippen LogP contribution >= 0.6 is 0 Å². The molecular formula is C29H32N6O10S. The van der Waals surface area contributed by atoms with Gasteiger partial charge in [0, 0.05) is 61.8 Å². The Kier molecular flexibility index (Phi) is 11.3. The van der Waals surface area contributed by atoms with Gasteiger partial charge in [0.15, 0.2) is 0 Å². The van der Waals surface area contributed by atoms with Gasteiger partial charge in [0.25, 0.3) is 21.9 Å². The first-order valence-electron chi connectivity index (χ1n) is 14.4. The lowest BCUT2D eigenvalue weighted by Gasteiger charge is -2.17. The van der Waals surface area contributed by atoms with Gasteiger partial charge >= 0.3 is 5.97 Å². The second kappa shape index (κ2) is 15.3. The van der Waals surface area contributed by atoms with Crippen LogP contribution in [-0.2, 0) is 43.7 Å². The third-order valence-corrected chi connectivity index (χ3v) is 7.63. The molecule has 2 aromatic heterocycles. The van der Waals surface area contributed by atoms with Gasteiger partial charge in [-0.3, -0.25) is 38.5 Å². The molecule has 1 fully saturated rings. The van der Waals surface area contributed by atoms with Crippen molar-refractivity contribution in [2.75, 3.05) is 17.6 Å². The first-order valence-corrected chi connectivity index (χ1v) is 16.0. The summed E-state index contributed by atoms with van der Waals surface area (Å²) >= 11 is 0. The van der Waals surface area contributed by atoms with Crippen LogP contribution < -0.4 is 16.0 Å². The molecule has 4 N–H and O–H groups in total. The zero-order chi connectivity index (χ0) is 33.3. The number of rotatable bonds is 15. The number of nitrogens with one attached hydrogen (secondary N) is 3. The maximum absolute atomic E-state index is 12.7. The van der Waals surface area contributed by atoms with Crippen molar-refractivity contribution in [3.8, 4) is 0 Å². The molecule has 5 amide bonds. The van der Waals surface area contributed by atoms with Crippen molar-refractivity contribution >= 4 is 73.1 Å². The number of hydrogen-bond acceptors (Lipinski definition) is 11. The van der Waals surface area contributed by atoms with Gasteiger partial charge in [-0.05, 0) is 43.5 Å². The van der Waals surface area contributed by atoms with E-state index < -0.39 is 51.5 Å². The fraction of sp³-hybridized carbons (Fsp3) is 0.379. The maximum atomic E-state index is 12.7. The minimum Gasteiger partial charge on any atom is -0.354 e. The minimum absolute atomic E-state index is 0.0132. The normalized spacial score (nSPS) is 13.9. The molecule has 1 unspecified atom stereocenters. The highest BCUT2D eigenvalue weighted by Gasteiger charge is 2.32. The highest BCUT2D eigenvalue weighted by Crippen LogP contribution is 2.29. The Morgan fingerprint density at radius 3 is 2.30 bits per heavy atom. The zero-order valence-electron chi connectivity index (χ0n) is 24.6. The average Bonchev–Trinajstić information content (AvgIpc) is 3.32. The lowest BCUT2D eigenvalue weighted by atomic mass is 10.1. The van der Waals surface area contributed by atoms with Gasteiger partial charge in [-0.2, -0.15) is 8.42 Å². The van der Waals surface area contributed by atoms with Crippen LogP contribution in [0.2, 0.25) is 0 Å². The lowest BCUT2D eigenvalue weighted by molar-refractivity contribution is -0.197. The molecule has 3 aromatic rings. The highest BCUT2D eigenvalue weighted by molar-refractivity contribution is 7.85. The zero-order valence-corrected chi connectivity index (χ0v) is 25.4. The highest BCUT2D eigenvalue weighted by atomic mass is 32.2. The lowest BCUT2D eigenvalue weighted by Crippen LogP contribution is -2.50. The molecule has 17 heteroatoms. The van der Waals surface area contributed by atoms with E-state index in [1.165, 1.54) is 0 Å². The van der Waals surface area contributed by atoms with Crippen molar-refractivity contribution in [2.45, 2.75) is 57.4 Å². The Morgan fingerprint density at radius 1 is 0.913 bits per heavy atom. The number of imide groups is 1. The van der Waals surface area contributed by atoms with E-state index in [4.69, 9.17) is 4.84 Å². The number of benzene rings is 1. The Balaban J connectivity index is 1.21. The first kappa shape index (κ1) is 33.9. The number of anilines is 1. The predicted octanol–water partition coefficient (Wildman–Crippen LogP) is 1.16. The Hall–Kier alpha value is -5.03. The molecule has 46 heavy (non-hydrogen) atoms. The van der Waals surface area contributed by atoms with Gasteiger partial charge in [-0.25, -0.2) is 4.79 Å². The van der Waals surface area contributed by atoms with Crippen molar-refractivity contribution in [1.29, 1.82) is 0 Å². The van der Waals surface area contributed by atoms with E-state index in [1.807, 2.05) is 6.07 Å². The van der Waals surface area contributed by atoms with Crippen molar-refractivity contribution in [3.05, 3.63) is 42.7 Å². The fourth-order valence-corrected chi connectivity index (χ4v) is 5.35. The van der Waals surface area contributed by atoms with E-state index in [0.29, 0.717) is 27.2 Å². The van der Waals surface area contributed by atoms with Crippen LogP contribution in [0.4, 0.5) is 5.69 Å². The second-order valence-electron chi connectivity index (χ2n) is 10.5. The van der Waals surface area contributed by atoms with Gasteiger partial charge in [0.2, 0.25) is 17.7 Å². The van der Waals surface area contributed by atoms with Crippen LogP contribution in [0.25, 0.3) is 21.8 Å². The SMILES string of the molecule is O=C(CCCC(=O)NC(CS(=O)(=O)O)C(=O)NCCCCC(=O)ON1C(=O)CCC1=O)Nc1cc2cccnc2c2ncccc12. The number of fused-ring (bicyclic) bond motifs is 3. The second-order valence-corrected chi connectivity index (χ2v) is 12.0. The van der Waals surface area contributed by atoms with Crippen LogP contribution in [0.5, 0.6) is 0 Å². The fourth-order valence-electron chi connectivity index (χ4n) is 4.70. The van der Waals surface area contributed by atoms with E-state index >= 15 is 0 Å². The molecule has 244 valence electrons. The molecule has 0 saturated carbocycles. The number of pyridine rings is 2. The van der Waals surface area contributed by atoms with Crippen molar-refractivity contribution in [2.24, 2.45) is 0 Å². The summed E-state index contributed by atoms with van der Waals surface area (Å²) in [6.07, 6.45) is 3.31. The third-order valence-electron chi connectivity index (χ3n) is 6.88. The first-order chi connectivity index (χ1) is 21.9. The summed E-state index contributed by atoms with van der Waals surface area (Å²) in [5.74, 6) is -5.07. The number of aromatic nitrogens is 2.